The molecule has 2 N–H and O–H groups in total. The molecule has 0 aliphatic heterocycles. The van der Waals surface area contributed by atoms with Crippen LogP contribution in [0, 0.1) is 0 Å². The zero-order chi connectivity index (χ0) is 14.4. The van der Waals surface area contributed by atoms with Crippen LogP contribution in [0.15, 0.2) is 15.5 Å². The first kappa shape index (κ1) is 15.5. The Labute approximate surface area is 128 Å². The number of hydrogen-bond acceptors (Lipinski definition) is 4. The fourth-order valence-electron chi connectivity index (χ4n) is 2.59. The van der Waals surface area contributed by atoms with Crippen LogP contribution in [-0.4, -0.2) is 28.9 Å². The Balaban J connectivity index is 1.76. The number of nitrogens with zero attached hydrogens (tertiary/aromatic N) is 2. The second-order valence-corrected chi connectivity index (χ2v) is 6.16. The molecule has 1 aliphatic carbocycles. The molecular formula is C14H23BrN4O. The molecule has 0 bridgehead atoms. The SMILES string of the molecule is Cn1ncc(NCCNC2CCCCCC2)c(Br)c1=O. The van der Waals surface area contributed by atoms with E-state index in [0.29, 0.717) is 10.5 Å². The van der Waals surface area contributed by atoms with E-state index in [9.17, 15) is 4.79 Å². The van der Waals surface area contributed by atoms with Crippen LogP contribution in [0.1, 0.15) is 38.5 Å². The Morgan fingerprint density at radius 1 is 1.30 bits per heavy atom. The summed E-state index contributed by atoms with van der Waals surface area (Å²) in [5, 5.41) is 10.9. The van der Waals surface area contributed by atoms with Crippen molar-refractivity contribution in [3.05, 3.63) is 21.0 Å². The summed E-state index contributed by atoms with van der Waals surface area (Å²) >= 11 is 3.31. The second-order valence-electron chi connectivity index (χ2n) is 5.37. The normalized spacial score (nSPS) is 16.9. The van der Waals surface area contributed by atoms with Gasteiger partial charge in [0.25, 0.3) is 5.56 Å². The first-order valence-electron chi connectivity index (χ1n) is 7.37. The van der Waals surface area contributed by atoms with Crippen LogP contribution in [0.2, 0.25) is 0 Å². The van der Waals surface area contributed by atoms with Crippen molar-refractivity contribution in [1.82, 2.24) is 15.1 Å². The third-order valence-corrected chi connectivity index (χ3v) is 4.57. The second kappa shape index (κ2) is 7.78. The quantitative estimate of drug-likeness (QED) is 0.636. The maximum Gasteiger partial charge on any atom is 0.282 e. The van der Waals surface area contributed by atoms with Crippen molar-refractivity contribution < 1.29 is 0 Å². The summed E-state index contributed by atoms with van der Waals surface area (Å²) in [5.74, 6) is 0. The number of aromatic nitrogens is 2. The third kappa shape index (κ3) is 4.31. The fraction of sp³-hybridized carbons (Fsp3) is 0.714. The van der Waals surface area contributed by atoms with Gasteiger partial charge in [-0.25, -0.2) is 4.68 Å². The number of hydrogen-bond donors (Lipinski definition) is 2. The number of aryl methyl sites for hydroxylation is 1. The molecule has 1 aromatic rings. The molecule has 0 amide bonds. The predicted octanol–water partition coefficient (Wildman–Crippen LogP) is 2.27. The lowest BCUT2D eigenvalue weighted by Crippen LogP contribution is -2.33. The topological polar surface area (TPSA) is 59.0 Å². The highest BCUT2D eigenvalue weighted by molar-refractivity contribution is 9.10. The van der Waals surface area contributed by atoms with Gasteiger partial charge in [0.2, 0.25) is 0 Å². The summed E-state index contributed by atoms with van der Waals surface area (Å²) in [5.41, 5.74) is 0.641. The van der Waals surface area contributed by atoms with Gasteiger partial charge in [0.15, 0.2) is 0 Å². The Morgan fingerprint density at radius 3 is 2.70 bits per heavy atom. The summed E-state index contributed by atoms with van der Waals surface area (Å²) in [6.45, 7) is 1.70. The van der Waals surface area contributed by atoms with Crippen molar-refractivity contribution in [2.75, 3.05) is 18.4 Å². The van der Waals surface area contributed by atoms with Crippen LogP contribution in [0.5, 0.6) is 0 Å². The van der Waals surface area contributed by atoms with E-state index >= 15 is 0 Å². The lowest BCUT2D eigenvalue weighted by Gasteiger charge is -2.16. The molecule has 112 valence electrons. The monoisotopic (exact) mass is 342 g/mol. The van der Waals surface area contributed by atoms with Gasteiger partial charge in [-0.15, -0.1) is 0 Å². The van der Waals surface area contributed by atoms with Crippen LogP contribution >= 0.6 is 15.9 Å². The summed E-state index contributed by atoms with van der Waals surface area (Å²) < 4.78 is 1.86. The van der Waals surface area contributed by atoms with Crippen LogP contribution in [0.4, 0.5) is 5.69 Å². The van der Waals surface area contributed by atoms with Crippen LogP contribution < -0.4 is 16.2 Å². The molecule has 1 saturated carbocycles. The van der Waals surface area contributed by atoms with Gasteiger partial charge in [-0.3, -0.25) is 4.79 Å². The molecule has 0 saturated heterocycles. The summed E-state index contributed by atoms with van der Waals surface area (Å²) in [7, 11) is 1.64. The molecule has 2 rings (SSSR count). The number of anilines is 1. The Hall–Kier alpha value is -0.880. The highest BCUT2D eigenvalue weighted by Gasteiger charge is 2.11. The molecule has 1 aliphatic rings. The minimum atomic E-state index is -0.119. The van der Waals surface area contributed by atoms with E-state index in [1.165, 1.54) is 43.2 Å². The molecule has 1 aromatic heterocycles. The largest absolute Gasteiger partial charge is 0.381 e. The van der Waals surface area contributed by atoms with Crippen molar-refractivity contribution in [1.29, 1.82) is 0 Å². The van der Waals surface area contributed by atoms with E-state index in [4.69, 9.17) is 0 Å². The maximum atomic E-state index is 11.7. The van der Waals surface area contributed by atoms with E-state index in [0.717, 1.165) is 18.8 Å². The zero-order valence-corrected chi connectivity index (χ0v) is 13.6. The molecule has 5 nitrogen and oxygen atoms in total. The molecule has 1 fully saturated rings. The Kier molecular flexibility index (Phi) is 6.04. The first-order chi connectivity index (χ1) is 9.68. The average Bonchev–Trinajstić information content (AvgIpc) is 2.72. The highest BCUT2D eigenvalue weighted by Crippen LogP contribution is 2.17. The molecule has 0 radical (unpaired) electrons. The molecule has 1 heterocycles. The molecule has 20 heavy (non-hydrogen) atoms. The van der Waals surface area contributed by atoms with Crippen molar-refractivity contribution in [2.45, 2.75) is 44.6 Å². The fourth-order valence-corrected chi connectivity index (χ4v) is 3.09. The lowest BCUT2D eigenvalue weighted by atomic mass is 10.1. The minimum absolute atomic E-state index is 0.119. The Morgan fingerprint density at radius 2 is 2.00 bits per heavy atom. The van der Waals surface area contributed by atoms with Gasteiger partial charge < -0.3 is 10.6 Å². The number of nitrogens with one attached hydrogen (secondary N) is 2. The predicted molar refractivity (Wildman–Crippen MR) is 85.2 cm³/mol. The highest BCUT2D eigenvalue weighted by atomic mass is 79.9. The van der Waals surface area contributed by atoms with E-state index in [1.54, 1.807) is 13.2 Å². The van der Waals surface area contributed by atoms with E-state index in [-0.39, 0.29) is 5.56 Å². The van der Waals surface area contributed by atoms with Gasteiger partial charge in [0.1, 0.15) is 4.47 Å². The lowest BCUT2D eigenvalue weighted by molar-refractivity contribution is 0.468. The molecule has 0 aromatic carbocycles. The third-order valence-electron chi connectivity index (χ3n) is 3.81. The average molecular weight is 343 g/mol. The van der Waals surface area contributed by atoms with Crippen molar-refractivity contribution >= 4 is 21.6 Å². The smallest absolute Gasteiger partial charge is 0.282 e. The van der Waals surface area contributed by atoms with Gasteiger partial charge >= 0.3 is 0 Å². The van der Waals surface area contributed by atoms with E-state index in [1.807, 2.05) is 0 Å². The van der Waals surface area contributed by atoms with Gasteiger partial charge in [-0.05, 0) is 28.8 Å². The van der Waals surface area contributed by atoms with Crippen molar-refractivity contribution in [3.63, 3.8) is 0 Å². The molecule has 0 spiro atoms. The summed E-state index contributed by atoms with van der Waals surface area (Å²) in [6.07, 6.45) is 9.70. The maximum absolute atomic E-state index is 11.7. The first-order valence-corrected chi connectivity index (χ1v) is 8.17. The Bertz CT molecular complexity index is 481. The summed E-state index contributed by atoms with van der Waals surface area (Å²) in [4.78, 5) is 11.7. The number of halogens is 1. The van der Waals surface area contributed by atoms with Crippen LogP contribution in [0.3, 0.4) is 0 Å². The molecule has 6 heteroatoms. The minimum Gasteiger partial charge on any atom is -0.381 e. The standard InChI is InChI=1S/C14H23BrN4O/c1-19-14(20)13(15)12(10-18-19)17-9-8-16-11-6-4-2-3-5-7-11/h10-11,16-17H,2-9H2,1H3. The van der Waals surface area contributed by atoms with Crippen molar-refractivity contribution in [2.24, 2.45) is 7.05 Å². The number of rotatable bonds is 5. The summed E-state index contributed by atoms with van der Waals surface area (Å²) in [6, 6.07) is 0.657. The molecule has 0 atom stereocenters. The molecule has 0 unspecified atom stereocenters. The van der Waals surface area contributed by atoms with Gasteiger partial charge in [0, 0.05) is 26.2 Å². The van der Waals surface area contributed by atoms with E-state index < -0.39 is 0 Å². The van der Waals surface area contributed by atoms with Crippen LogP contribution in [-0.2, 0) is 7.05 Å². The van der Waals surface area contributed by atoms with Gasteiger partial charge in [0.05, 0.1) is 11.9 Å². The van der Waals surface area contributed by atoms with Gasteiger partial charge in [-0.2, -0.15) is 5.10 Å². The molecular weight excluding hydrogens is 320 g/mol. The van der Waals surface area contributed by atoms with Crippen molar-refractivity contribution in [3.8, 4) is 0 Å². The van der Waals surface area contributed by atoms with Gasteiger partial charge in [-0.1, -0.05) is 25.7 Å². The van der Waals surface area contributed by atoms with Crippen LogP contribution in [0.25, 0.3) is 0 Å². The zero-order valence-electron chi connectivity index (χ0n) is 12.0. The van der Waals surface area contributed by atoms with E-state index in [2.05, 4.69) is 31.7 Å².